The second kappa shape index (κ2) is 4.44. The van der Waals surface area contributed by atoms with E-state index in [4.69, 9.17) is 10.2 Å². The summed E-state index contributed by atoms with van der Waals surface area (Å²) in [7, 11) is 0. The molecule has 0 radical (unpaired) electrons. The van der Waals surface area contributed by atoms with E-state index in [0.717, 1.165) is 11.1 Å². The van der Waals surface area contributed by atoms with E-state index in [1.165, 1.54) is 6.08 Å². The molecule has 0 aliphatic rings. The zero-order valence-electron chi connectivity index (χ0n) is 7.30. The van der Waals surface area contributed by atoms with Gasteiger partial charge in [0.25, 0.3) is 0 Å². The molecule has 0 unspecified atom stereocenters. The van der Waals surface area contributed by atoms with Crippen LogP contribution in [0.1, 0.15) is 13.3 Å². The van der Waals surface area contributed by atoms with Gasteiger partial charge in [-0.15, -0.1) is 0 Å². The van der Waals surface area contributed by atoms with Gasteiger partial charge in [-0.3, -0.25) is 0 Å². The van der Waals surface area contributed by atoms with Crippen molar-refractivity contribution in [1.29, 1.82) is 0 Å². The van der Waals surface area contributed by atoms with Gasteiger partial charge in [0.2, 0.25) is 0 Å². The number of aliphatic hydroxyl groups excluding tert-OH is 2. The predicted octanol–water partition coefficient (Wildman–Crippen LogP) is 3.02. The summed E-state index contributed by atoms with van der Waals surface area (Å²) < 4.78 is 0. The quantitative estimate of drug-likeness (QED) is 0.497. The van der Waals surface area contributed by atoms with Gasteiger partial charge in [0, 0.05) is 6.42 Å². The first-order valence-corrected chi connectivity index (χ1v) is 3.54. The number of hydrogen-bond donors (Lipinski definition) is 2. The summed E-state index contributed by atoms with van der Waals surface area (Å²) >= 11 is 0. The minimum Gasteiger partial charge on any atom is -0.513 e. The molecule has 2 nitrogen and oxygen atoms in total. The highest BCUT2D eigenvalue weighted by Gasteiger charge is 1.98. The van der Waals surface area contributed by atoms with Crippen LogP contribution in [-0.4, -0.2) is 10.2 Å². The van der Waals surface area contributed by atoms with Gasteiger partial charge in [-0.2, -0.15) is 0 Å². The van der Waals surface area contributed by atoms with Gasteiger partial charge in [0.15, 0.2) is 0 Å². The lowest BCUT2D eigenvalue weighted by atomic mass is 10.1. The Labute approximate surface area is 72.9 Å². The van der Waals surface area contributed by atoms with E-state index in [0.29, 0.717) is 6.42 Å². The SMILES string of the molecule is C=C(O)/C=C(/C)C(=C)CC(=C)O. The van der Waals surface area contributed by atoms with Crippen molar-refractivity contribution in [1.82, 2.24) is 0 Å². The number of allylic oxidation sites excluding steroid dienone is 3. The Kier molecular flexibility index (Phi) is 3.91. The van der Waals surface area contributed by atoms with Crippen molar-refractivity contribution in [3.8, 4) is 0 Å². The minimum atomic E-state index is -0.0165. The summed E-state index contributed by atoms with van der Waals surface area (Å²) in [6, 6.07) is 0. The molecule has 0 aromatic rings. The van der Waals surface area contributed by atoms with Gasteiger partial charge in [0.1, 0.15) is 5.76 Å². The van der Waals surface area contributed by atoms with Crippen molar-refractivity contribution < 1.29 is 10.2 Å². The molecule has 0 rings (SSSR count). The molecule has 0 heterocycles. The molecular formula is C10H14O2. The average molecular weight is 166 g/mol. The standard InChI is InChI=1S/C10H14O2/c1-7(5-9(3)11)8(2)6-10(4)12/h6,11-12H,1,3-5H2,2H3/b8-6-. The average Bonchev–Trinajstić information content (AvgIpc) is 1.84. The highest BCUT2D eigenvalue weighted by molar-refractivity contribution is 5.32. The highest BCUT2D eigenvalue weighted by Crippen LogP contribution is 2.15. The van der Waals surface area contributed by atoms with Gasteiger partial charge >= 0.3 is 0 Å². The second-order valence-electron chi connectivity index (χ2n) is 2.67. The van der Waals surface area contributed by atoms with Gasteiger partial charge < -0.3 is 10.2 Å². The van der Waals surface area contributed by atoms with Crippen LogP contribution in [0.2, 0.25) is 0 Å². The third-order valence-electron chi connectivity index (χ3n) is 1.36. The molecule has 66 valence electrons. The Morgan fingerprint density at radius 2 is 1.75 bits per heavy atom. The van der Waals surface area contributed by atoms with Gasteiger partial charge in [-0.1, -0.05) is 19.7 Å². The summed E-state index contributed by atoms with van der Waals surface area (Å²) in [5, 5.41) is 17.6. The van der Waals surface area contributed by atoms with E-state index >= 15 is 0 Å². The van der Waals surface area contributed by atoms with Gasteiger partial charge in [-0.25, -0.2) is 0 Å². The van der Waals surface area contributed by atoms with Crippen molar-refractivity contribution in [2.45, 2.75) is 13.3 Å². The van der Waals surface area contributed by atoms with Crippen LogP contribution in [0.4, 0.5) is 0 Å². The molecule has 0 bridgehead atoms. The molecule has 12 heavy (non-hydrogen) atoms. The predicted molar refractivity (Wildman–Crippen MR) is 51.1 cm³/mol. The van der Waals surface area contributed by atoms with Crippen molar-refractivity contribution in [3.05, 3.63) is 48.5 Å². The maximum atomic E-state index is 8.84. The monoisotopic (exact) mass is 166 g/mol. The molecule has 0 aliphatic carbocycles. The van der Waals surface area contributed by atoms with Crippen LogP contribution in [0.15, 0.2) is 48.5 Å². The molecule has 2 N–H and O–H groups in total. The van der Waals surface area contributed by atoms with Crippen molar-refractivity contribution >= 4 is 0 Å². The van der Waals surface area contributed by atoms with Crippen LogP contribution in [0, 0.1) is 0 Å². The van der Waals surface area contributed by atoms with E-state index in [1.807, 2.05) is 0 Å². The maximum absolute atomic E-state index is 8.84. The molecule has 0 saturated carbocycles. The lowest BCUT2D eigenvalue weighted by Gasteiger charge is -2.03. The normalized spacial score (nSPS) is 10.9. The van der Waals surface area contributed by atoms with E-state index < -0.39 is 0 Å². The van der Waals surface area contributed by atoms with Gasteiger partial charge in [0.05, 0.1) is 5.76 Å². The molecule has 0 amide bonds. The zero-order valence-corrected chi connectivity index (χ0v) is 7.30. The van der Waals surface area contributed by atoms with Crippen LogP contribution in [0.5, 0.6) is 0 Å². The first-order chi connectivity index (χ1) is 5.43. The van der Waals surface area contributed by atoms with Crippen molar-refractivity contribution in [2.24, 2.45) is 0 Å². The maximum Gasteiger partial charge on any atom is 0.108 e. The first kappa shape index (κ1) is 10.6. The second-order valence-corrected chi connectivity index (χ2v) is 2.67. The van der Waals surface area contributed by atoms with E-state index in [2.05, 4.69) is 19.7 Å². The Balaban J connectivity index is 4.29. The first-order valence-electron chi connectivity index (χ1n) is 3.54. The molecule has 0 aromatic heterocycles. The molecule has 0 saturated heterocycles. The topological polar surface area (TPSA) is 40.5 Å². The van der Waals surface area contributed by atoms with Crippen LogP contribution in [-0.2, 0) is 0 Å². The third-order valence-corrected chi connectivity index (χ3v) is 1.36. The van der Waals surface area contributed by atoms with Crippen LogP contribution in [0.3, 0.4) is 0 Å². The molecule has 0 aromatic carbocycles. The molecular weight excluding hydrogens is 152 g/mol. The summed E-state index contributed by atoms with van der Waals surface area (Å²) in [5.74, 6) is 0.0495. The highest BCUT2D eigenvalue weighted by atomic mass is 16.3. The smallest absolute Gasteiger partial charge is 0.108 e. The third kappa shape index (κ3) is 4.39. The number of rotatable bonds is 4. The Morgan fingerprint density at radius 1 is 1.25 bits per heavy atom. The molecule has 0 aliphatic heterocycles. The zero-order chi connectivity index (χ0) is 9.72. The Hall–Kier alpha value is -1.44. The summed E-state index contributed by atoms with van der Waals surface area (Å²) in [4.78, 5) is 0. The van der Waals surface area contributed by atoms with Gasteiger partial charge in [-0.05, 0) is 24.1 Å². The fourth-order valence-corrected chi connectivity index (χ4v) is 0.738. The minimum absolute atomic E-state index is 0.0165. The molecule has 0 fully saturated rings. The fourth-order valence-electron chi connectivity index (χ4n) is 0.738. The largest absolute Gasteiger partial charge is 0.513 e. The van der Waals surface area contributed by atoms with Crippen LogP contribution < -0.4 is 0 Å². The van der Waals surface area contributed by atoms with Crippen molar-refractivity contribution in [2.75, 3.05) is 0 Å². The summed E-state index contributed by atoms with van der Waals surface area (Å²) in [6.07, 6.45) is 1.82. The summed E-state index contributed by atoms with van der Waals surface area (Å²) in [5.41, 5.74) is 1.51. The Bertz CT molecular complexity index is 247. The lowest BCUT2D eigenvalue weighted by Crippen LogP contribution is -1.87. The summed E-state index contributed by atoms with van der Waals surface area (Å²) in [6.45, 7) is 12.1. The molecule has 2 heteroatoms. The fraction of sp³-hybridized carbons (Fsp3) is 0.200. The van der Waals surface area contributed by atoms with Crippen molar-refractivity contribution in [3.63, 3.8) is 0 Å². The number of hydrogen-bond acceptors (Lipinski definition) is 2. The molecule has 0 spiro atoms. The van der Waals surface area contributed by atoms with Crippen LogP contribution in [0.25, 0.3) is 0 Å². The van der Waals surface area contributed by atoms with E-state index in [-0.39, 0.29) is 11.5 Å². The van der Waals surface area contributed by atoms with E-state index in [9.17, 15) is 0 Å². The Morgan fingerprint density at radius 3 is 2.08 bits per heavy atom. The number of aliphatic hydroxyl groups is 2. The molecule has 0 atom stereocenters. The lowest BCUT2D eigenvalue weighted by molar-refractivity contribution is 0.401. The van der Waals surface area contributed by atoms with E-state index in [1.54, 1.807) is 6.92 Å². The van der Waals surface area contributed by atoms with Crippen LogP contribution >= 0.6 is 0 Å².